The number of aryl methyl sites for hydroxylation is 1. The average molecular weight is 759 g/mol. The Morgan fingerprint density at radius 1 is 1.00 bits per heavy atom. The Kier molecular flexibility index (Phi) is 16.5. The number of rotatable bonds is 10. The monoisotopic (exact) mass is 758 g/mol. The minimum absolute atomic E-state index is 0.0129. The van der Waals surface area contributed by atoms with Gasteiger partial charge in [-0.15, -0.1) is 0 Å². The van der Waals surface area contributed by atoms with Gasteiger partial charge in [0.1, 0.15) is 5.57 Å². The van der Waals surface area contributed by atoms with Crippen LogP contribution in [-0.2, 0) is 25.5 Å². The van der Waals surface area contributed by atoms with Crippen LogP contribution in [0.15, 0.2) is 66.8 Å². The first kappa shape index (κ1) is 43.9. The van der Waals surface area contributed by atoms with E-state index in [-0.39, 0.29) is 23.5 Å². The maximum Gasteiger partial charge on any atom is 0.309 e. The zero-order valence-electron chi connectivity index (χ0n) is 34.0. The molecular weight excluding hydrogens is 700 g/mol. The lowest BCUT2D eigenvalue weighted by Crippen LogP contribution is -2.30. The van der Waals surface area contributed by atoms with Crippen LogP contribution >= 0.6 is 11.6 Å². The number of carbonyl (C=O) groups is 3. The molecule has 9 nitrogen and oxygen atoms in total. The molecule has 0 radical (unpaired) electrons. The van der Waals surface area contributed by atoms with Gasteiger partial charge in [0.2, 0.25) is 5.88 Å². The molecule has 1 saturated carbocycles. The van der Waals surface area contributed by atoms with Gasteiger partial charge in [0.25, 0.3) is 11.8 Å². The molecule has 292 valence electrons. The largest absolute Gasteiger partial charge is 0.481 e. The van der Waals surface area contributed by atoms with Gasteiger partial charge in [-0.1, -0.05) is 96.1 Å². The summed E-state index contributed by atoms with van der Waals surface area (Å²) in [5, 5.41) is 3.43. The summed E-state index contributed by atoms with van der Waals surface area (Å²) >= 11 is 7.15. The van der Waals surface area contributed by atoms with E-state index < -0.39 is 11.8 Å². The molecule has 1 aromatic heterocycles. The van der Waals surface area contributed by atoms with Crippen molar-refractivity contribution in [3.8, 4) is 28.3 Å². The normalized spacial score (nSPS) is 19.2. The molecule has 3 atom stereocenters. The predicted octanol–water partition coefficient (Wildman–Crippen LogP) is 9.33. The number of pyridine rings is 1. The van der Waals surface area contributed by atoms with E-state index in [9.17, 15) is 14.4 Å². The van der Waals surface area contributed by atoms with Crippen LogP contribution in [0, 0.1) is 24.7 Å². The number of ether oxygens (including phenoxy) is 2. The van der Waals surface area contributed by atoms with Crippen molar-refractivity contribution in [1.29, 1.82) is 0 Å². The fraction of sp³-hybridized carbons (Fsp3) is 0.455. The summed E-state index contributed by atoms with van der Waals surface area (Å²) in [4.78, 5) is 46.9. The Labute approximate surface area is 327 Å². The molecule has 1 aliphatic heterocycles. The smallest absolute Gasteiger partial charge is 0.309 e. The highest BCUT2D eigenvalue weighted by atomic mass is 35.5. The molecule has 0 spiro atoms. The van der Waals surface area contributed by atoms with Crippen LogP contribution in [0.2, 0.25) is 5.02 Å². The van der Waals surface area contributed by atoms with Crippen LogP contribution in [0.4, 0.5) is 5.69 Å². The third-order valence-corrected chi connectivity index (χ3v) is 10.3. The van der Waals surface area contributed by atoms with Gasteiger partial charge in [-0.3, -0.25) is 19.3 Å². The quantitative estimate of drug-likeness (QED) is 0.0723. The molecule has 3 aromatic rings. The standard InChI is InChI=1S/C38H41ClN4O5.3C2H6/c1-7-11-26(37(45)42(4)5)35(44)40-29-15-10-12-23(21(29)3)24-13-9-14-25(34(24)39)30-18-22-16-17-31(32(22)36(41-30)47-6)43-19-27-28(20-43)33(27)38(46)48-8-2;3*1-2/h7,9-15,18,27-28,31,33H,1,8,16-17,19-20H2,2-6H3,(H,40,44);3*1-2H3/b26-11-;;;. The third kappa shape index (κ3) is 9.07. The molecule has 1 N–H and O–H groups in total. The maximum atomic E-state index is 13.2. The van der Waals surface area contributed by atoms with Gasteiger partial charge in [0.05, 0.1) is 30.4 Å². The molecule has 3 aliphatic rings. The fourth-order valence-corrected chi connectivity index (χ4v) is 7.76. The van der Waals surface area contributed by atoms with E-state index in [1.807, 2.05) is 85.7 Å². The van der Waals surface area contributed by atoms with E-state index in [0.29, 0.717) is 35.0 Å². The number of carbonyl (C=O) groups excluding carboxylic acids is 3. The van der Waals surface area contributed by atoms with Crippen molar-refractivity contribution >= 4 is 35.1 Å². The Morgan fingerprint density at radius 3 is 2.20 bits per heavy atom. The van der Waals surface area contributed by atoms with Crippen molar-refractivity contribution in [3.05, 3.63) is 88.5 Å². The number of likely N-dealkylation sites (N-methyl/N-ethyl adjacent to an activating group) is 1. The van der Waals surface area contributed by atoms with Crippen LogP contribution in [-0.4, -0.2) is 73.5 Å². The van der Waals surface area contributed by atoms with E-state index in [4.69, 9.17) is 26.1 Å². The first-order valence-electron chi connectivity index (χ1n) is 19.3. The highest BCUT2D eigenvalue weighted by Gasteiger charge is 2.61. The van der Waals surface area contributed by atoms with Crippen molar-refractivity contribution in [2.24, 2.45) is 17.8 Å². The summed E-state index contributed by atoms with van der Waals surface area (Å²) in [7, 11) is 4.84. The summed E-state index contributed by atoms with van der Waals surface area (Å²) in [6.45, 7) is 21.6. The first-order chi connectivity index (χ1) is 26.1. The minimum Gasteiger partial charge on any atom is -0.481 e. The molecule has 0 bridgehead atoms. The number of aromatic nitrogens is 1. The van der Waals surface area contributed by atoms with Crippen LogP contribution in [0.5, 0.6) is 5.88 Å². The number of fused-ring (bicyclic) bond motifs is 2. The number of anilines is 1. The van der Waals surface area contributed by atoms with Gasteiger partial charge < -0.3 is 19.7 Å². The number of amides is 2. The predicted molar refractivity (Wildman–Crippen MR) is 221 cm³/mol. The molecule has 1 saturated heterocycles. The second kappa shape index (κ2) is 20.3. The topological polar surface area (TPSA) is 101 Å². The van der Waals surface area contributed by atoms with Gasteiger partial charge in [0, 0.05) is 55.6 Å². The van der Waals surface area contributed by atoms with Gasteiger partial charge >= 0.3 is 5.97 Å². The summed E-state index contributed by atoms with van der Waals surface area (Å²) in [5.41, 5.74) is 6.82. The maximum absolute atomic E-state index is 13.2. The van der Waals surface area contributed by atoms with Gasteiger partial charge in [-0.2, -0.15) is 0 Å². The van der Waals surface area contributed by atoms with Crippen molar-refractivity contribution in [2.45, 2.75) is 74.3 Å². The Balaban J connectivity index is 0.00000124. The number of allylic oxidation sites excluding steroid dienone is 2. The van der Waals surface area contributed by atoms with E-state index in [1.165, 1.54) is 22.6 Å². The number of hydrogen-bond donors (Lipinski definition) is 1. The van der Waals surface area contributed by atoms with Crippen LogP contribution < -0.4 is 10.1 Å². The van der Waals surface area contributed by atoms with E-state index >= 15 is 0 Å². The average Bonchev–Trinajstić information content (AvgIpc) is 3.46. The van der Waals surface area contributed by atoms with E-state index in [2.05, 4.69) is 22.9 Å². The van der Waals surface area contributed by atoms with Gasteiger partial charge in [-0.05, 0) is 73.4 Å². The first-order valence-corrected chi connectivity index (χ1v) is 19.7. The molecule has 2 aromatic carbocycles. The second-order valence-corrected chi connectivity index (χ2v) is 13.2. The van der Waals surface area contributed by atoms with Crippen LogP contribution in [0.3, 0.4) is 0 Å². The number of benzene rings is 2. The molecule has 2 amide bonds. The lowest BCUT2D eigenvalue weighted by molar-refractivity contribution is -0.145. The number of piperidine rings is 1. The Bertz CT molecular complexity index is 1830. The lowest BCUT2D eigenvalue weighted by atomic mass is 9.96. The number of halogens is 1. The third-order valence-electron chi connectivity index (χ3n) is 9.86. The fourth-order valence-electron chi connectivity index (χ4n) is 7.44. The number of likely N-dealkylation sites (tertiary alicyclic amines) is 1. The van der Waals surface area contributed by atoms with Gasteiger partial charge in [0.15, 0.2) is 0 Å². The lowest BCUT2D eigenvalue weighted by Gasteiger charge is -2.28. The Hall–Kier alpha value is -4.47. The summed E-state index contributed by atoms with van der Waals surface area (Å²) < 4.78 is 11.2. The summed E-state index contributed by atoms with van der Waals surface area (Å²) in [5.74, 6) is 0.388. The van der Waals surface area contributed by atoms with E-state index in [1.54, 1.807) is 27.3 Å². The Morgan fingerprint density at radius 2 is 1.61 bits per heavy atom. The number of nitrogens with one attached hydrogen (secondary N) is 1. The molecule has 3 unspecified atom stereocenters. The van der Waals surface area contributed by atoms with Crippen LogP contribution in [0.1, 0.15) is 77.6 Å². The van der Waals surface area contributed by atoms with Crippen molar-refractivity contribution in [3.63, 3.8) is 0 Å². The molecule has 10 heteroatoms. The molecule has 6 rings (SSSR count). The SMILES string of the molecule is C=C/C=C(/C(=O)Nc1cccc(-c2cccc(-c3cc4c(c(OC)n3)C(N3CC5C(C3)C5C(=O)OCC)CC4)c2Cl)c1C)C(=O)N(C)C.CC.CC.CC. The zero-order chi connectivity index (χ0) is 40.3. The zero-order valence-corrected chi connectivity index (χ0v) is 34.8. The highest BCUT2D eigenvalue weighted by Crippen LogP contribution is 2.56. The number of nitrogens with zero attached hydrogens (tertiary/aromatic N) is 3. The number of esters is 1. The van der Waals surface area contributed by atoms with Crippen molar-refractivity contribution in [1.82, 2.24) is 14.8 Å². The highest BCUT2D eigenvalue weighted by molar-refractivity contribution is 6.36. The summed E-state index contributed by atoms with van der Waals surface area (Å²) in [6.07, 6.45) is 4.70. The van der Waals surface area contributed by atoms with Crippen molar-refractivity contribution in [2.75, 3.05) is 46.2 Å². The number of hydrogen-bond acceptors (Lipinski definition) is 7. The van der Waals surface area contributed by atoms with E-state index in [0.717, 1.165) is 59.4 Å². The summed E-state index contributed by atoms with van der Waals surface area (Å²) in [6, 6.07) is 13.8. The van der Waals surface area contributed by atoms with Gasteiger partial charge in [-0.25, -0.2) is 4.98 Å². The van der Waals surface area contributed by atoms with Crippen molar-refractivity contribution < 1.29 is 23.9 Å². The minimum atomic E-state index is -0.522. The number of methoxy groups -OCH3 is 1. The van der Waals surface area contributed by atoms with Crippen LogP contribution in [0.25, 0.3) is 22.4 Å². The molecule has 2 aliphatic carbocycles. The second-order valence-electron chi connectivity index (χ2n) is 12.8. The molecule has 2 heterocycles. The molecule has 2 fully saturated rings. The molecular formula is C44H59ClN4O5. The molecule has 54 heavy (non-hydrogen) atoms.